The van der Waals surface area contributed by atoms with Gasteiger partial charge in [-0.05, 0) is 0 Å². The highest BCUT2D eigenvalue weighted by atomic mass is 16.5. The van der Waals surface area contributed by atoms with Crippen LogP contribution in [-0.4, -0.2) is 56.1 Å². The number of rotatable bonds is 4. The SMILES string of the molecule is [B][C@@H]1O[C@@](CO)(C(C)COC)C[C@H]1O. The van der Waals surface area contributed by atoms with Crippen molar-refractivity contribution in [2.75, 3.05) is 20.3 Å². The second-order valence-electron chi connectivity index (χ2n) is 3.93. The van der Waals surface area contributed by atoms with E-state index in [9.17, 15) is 10.2 Å². The monoisotopic (exact) mass is 200 g/mol. The molecule has 2 radical (unpaired) electrons. The van der Waals surface area contributed by atoms with Crippen molar-refractivity contribution in [2.24, 2.45) is 5.92 Å². The van der Waals surface area contributed by atoms with Crippen LogP contribution in [0, 0.1) is 5.92 Å². The molecule has 0 spiro atoms. The number of aliphatic hydroxyl groups excluding tert-OH is 2. The Labute approximate surface area is 85.6 Å². The summed E-state index contributed by atoms with van der Waals surface area (Å²) in [5.41, 5.74) is -0.755. The number of ether oxygens (including phenoxy) is 2. The summed E-state index contributed by atoms with van der Waals surface area (Å²) in [4.78, 5) is 0. The standard InChI is InChI=1S/C9H17BO4/c1-6(4-13-2)9(5-11)3-7(12)8(10)14-9/h6-8,11-12H,3-5H2,1-2H3/t6?,7-,8-,9+/m1/s1. The molecule has 1 aliphatic heterocycles. The van der Waals surface area contributed by atoms with Gasteiger partial charge in [0.25, 0.3) is 0 Å². The third-order valence-corrected chi connectivity index (χ3v) is 2.89. The fourth-order valence-electron chi connectivity index (χ4n) is 1.84. The lowest BCUT2D eigenvalue weighted by Gasteiger charge is -2.32. The van der Waals surface area contributed by atoms with E-state index in [1.54, 1.807) is 7.11 Å². The summed E-state index contributed by atoms with van der Waals surface area (Å²) < 4.78 is 10.4. The molecule has 1 rings (SSSR count). The highest BCUT2D eigenvalue weighted by Crippen LogP contribution is 2.35. The van der Waals surface area contributed by atoms with Crippen LogP contribution in [0.25, 0.3) is 0 Å². The van der Waals surface area contributed by atoms with Crippen LogP contribution in [-0.2, 0) is 9.47 Å². The molecule has 0 saturated carbocycles. The Bertz CT molecular complexity index is 178. The summed E-state index contributed by atoms with van der Waals surface area (Å²) in [5, 5.41) is 18.8. The van der Waals surface area contributed by atoms with Gasteiger partial charge in [-0.3, -0.25) is 0 Å². The van der Waals surface area contributed by atoms with E-state index >= 15 is 0 Å². The summed E-state index contributed by atoms with van der Waals surface area (Å²) >= 11 is 0. The molecule has 5 heteroatoms. The second-order valence-corrected chi connectivity index (χ2v) is 3.93. The molecule has 1 unspecified atom stereocenters. The van der Waals surface area contributed by atoms with Crippen LogP contribution in [0.3, 0.4) is 0 Å². The third-order valence-electron chi connectivity index (χ3n) is 2.89. The molecule has 4 atom stereocenters. The number of hydrogen-bond acceptors (Lipinski definition) is 4. The average Bonchev–Trinajstić information content (AvgIpc) is 2.44. The third kappa shape index (κ3) is 2.11. The number of aliphatic hydroxyl groups is 2. The first-order valence-electron chi connectivity index (χ1n) is 4.77. The maximum Gasteiger partial charge on any atom is 0.112 e. The van der Waals surface area contributed by atoms with Crippen molar-refractivity contribution in [3.05, 3.63) is 0 Å². The van der Waals surface area contributed by atoms with Crippen molar-refractivity contribution in [3.63, 3.8) is 0 Å². The lowest BCUT2D eigenvalue weighted by molar-refractivity contribution is -0.101. The summed E-state index contributed by atoms with van der Waals surface area (Å²) in [6, 6.07) is -0.707. The molecule has 0 aromatic rings. The van der Waals surface area contributed by atoms with Gasteiger partial charge < -0.3 is 19.7 Å². The molecule has 0 bridgehead atoms. The van der Waals surface area contributed by atoms with Crippen LogP contribution in [0.1, 0.15) is 13.3 Å². The van der Waals surface area contributed by atoms with E-state index < -0.39 is 17.7 Å². The van der Waals surface area contributed by atoms with Gasteiger partial charge in [-0.25, -0.2) is 0 Å². The molecule has 4 nitrogen and oxygen atoms in total. The van der Waals surface area contributed by atoms with Crippen LogP contribution in [0.2, 0.25) is 0 Å². The average molecular weight is 200 g/mol. The van der Waals surface area contributed by atoms with Crippen LogP contribution in [0.4, 0.5) is 0 Å². The predicted molar refractivity (Wildman–Crippen MR) is 52.1 cm³/mol. The molecule has 0 aromatic carbocycles. The zero-order valence-corrected chi connectivity index (χ0v) is 8.64. The zero-order valence-electron chi connectivity index (χ0n) is 8.64. The lowest BCUT2D eigenvalue weighted by atomic mass is 9.85. The van der Waals surface area contributed by atoms with Gasteiger partial charge >= 0.3 is 0 Å². The van der Waals surface area contributed by atoms with Crippen molar-refractivity contribution in [1.29, 1.82) is 0 Å². The first-order valence-corrected chi connectivity index (χ1v) is 4.77. The predicted octanol–water partition coefficient (Wildman–Crippen LogP) is -0.724. The minimum absolute atomic E-state index is 0.000648. The Morgan fingerprint density at radius 2 is 2.36 bits per heavy atom. The molecule has 14 heavy (non-hydrogen) atoms. The fraction of sp³-hybridized carbons (Fsp3) is 1.00. The van der Waals surface area contributed by atoms with Gasteiger partial charge in [0.2, 0.25) is 0 Å². The highest BCUT2D eigenvalue weighted by Gasteiger charge is 2.46. The highest BCUT2D eigenvalue weighted by molar-refractivity contribution is 6.11. The first kappa shape index (κ1) is 12.0. The molecule has 1 saturated heterocycles. The molecular weight excluding hydrogens is 183 g/mol. The van der Waals surface area contributed by atoms with E-state index in [2.05, 4.69) is 0 Å². The minimum atomic E-state index is -0.755. The maximum atomic E-state index is 9.48. The van der Waals surface area contributed by atoms with E-state index in [0.29, 0.717) is 13.0 Å². The molecule has 80 valence electrons. The van der Waals surface area contributed by atoms with Crippen molar-refractivity contribution in [1.82, 2.24) is 0 Å². The van der Waals surface area contributed by atoms with Gasteiger partial charge in [-0.2, -0.15) is 0 Å². The summed E-state index contributed by atoms with van der Waals surface area (Å²) in [5.74, 6) is 0.000648. The van der Waals surface area contributed by atoms with E-state index in [4.69, 9.17) is 17.3 Å². The molecule has 0 amide bonds. The second kappa shape index (κ2) is 4.62. The molecule has 1 heterocycles. The van der Waals surface area contributed by atoms with Crippen LogP contribution in [0.15, 0.2) is 0 Å². The minimum Gasteiger partial charge on any atom is -0.393 e. The number of methoxy groups -OCH3 is 1. The molecule has 0 aliphatic carbocycles. The van der Waals surface area contributed by atoms with Gasteiger partial charge in [0.1, 0.15) is 7.85 Å². The first-order chi connectivity index (χ1) is 6.55. The van der Waals surface area contributed by atoms with E-state index in [-0.39, 0.29) is 12.5 Å². The van der Waals surface area contributed by atoms with Crippen molar-refractivity contribution >= 4 is 7.85 Å². The van der Waals surface area contributed by atoms with Gasteiger partial charge in [0, 0.05) is 25.5 Å². The van der Waals surface area contributed by atoms with E-state index in [1.165, 1.54) is 0 Å². The fourth-order valence-corrected chi connectivity index (χ4v) is 1.84. The lowest BCUT2D eigenvalue weighted by Crippen LogP contribution is -2.42. The Morgan fingerprint density at radius 3 is 2.71 bits per heavy atom. The Balaban J connectivity index is 2.68. The normalized spacial score (nSPS) is 40.0. The summed E-state index contributed by atoms with van der Waals surface area (Å²) in [7, 11) is 7.13. The van der Waals surface area contributed by atoms with Crippen molar-refractivity contribution < 1.29 is 19.7 Å². The Morgan fingerprint density at radius 1 is 1.71 bits per heavy atom. The van der Waals surface area contributed by atoms with Crippen molar-refractivity contribution in [2.45, 2.75) is 31.1 Å². The molecule has 1 fully saturated rings. The van der Waals surface area contributed by atoms with E-state index in [0.717, 1.165) is 0 Å². The number of hydrogen-bond donors (Lipinski definition) is 2. The van der Waals surface area contributed by atoms with Gasteiger partial charge in [-0.15, -0.1) is 0 Å². The topological polar surface area (TPSA) is 58.9 Å². The Hall–Kier alpha value is -0.0951. The Kier molecular flexibility index (Phi) is 3.95. The zero-order chi connectivity index (χ0) is 10.8. The van der Waals surface area contributed by atoms with Gasteiger partial charge in [-0.1, -0.05) is 6.92 Å². The maximum absolute atomic E-state index is 9.48. The van der Waals surface area contributed by atoms with Crippen LogP contribution < -0.4 is 0 Å². The van der Waals surface area contributed by atoms with Crippen LogP contribution >= 0.6 is 0 Å². The van der Waals surface area contributed by atoms with Gasteiger partial charge in [0.05, 0.1) is 24.9 Å². The molecule has 0 aromatic heterocycles. The smallest absolute Gasteiger partial charge is 0.112 e. The summed E-state index contributed by atoms with van der Waals surface area (Å²) in [6.07, 6.45) is -0.351. The quantitative estimate of drug-likeness (QED) is 0.587. The van der Waals surface area contributed by atoms with E-state index in [1.807, 2.05) is 6.92 Å². The molecule has 1 aliphatic rings. The largest absolute Gasteiger partial charge is 0.393 e. The molecule has 2 N–H and O–H groups in total. The van der Waals surface area contributed by atoms with Crippen molar-refractivity contribution in [3.8, 4) is 0 Å². The van der Waals surface area contributed by atoms with Crippen LogP contribution in [0.5, 0.6) is 0 Å². The molecular formula is C9H17BO4. The van der Waals surface area contributed by atoms with Gasteiger partial charge in [0.15, 0.2) is 0 Å². The summed E-state index contributed by atoms with van der Waals surface area (Å²) in [6.45, 7) is 2.23.